The van der Waals surface area contributed by atoms with Gasteiger partial charge in [-0.2, -0.15) is 0 Å². The van der Waals surface area contributed by atoms with Crippen molar-refractivity contribution >= 4 is 17.3 Å². The van der Waals surface area contributed by atoms with Crippen LogP contribution >= 0.6 is 0 Å². The van der Waals surface area contributed by atoms with Crippen molar-refractivity contribution in [1.29, 1.82) is 0 Å². The Labute approximate surface area is 162 Å². The minimum atomic E-state index is -1.35. The largest absolute Gasteiger partial charge is 0.598 e. The molecular formula is C21H34N2O2S. The summed E-state index contributed by atoms with van der Waals surface area (Å²) in [6.45, 7) is 14.0. The Morgan fingerprint density at radius 1 is 1.12 bits per heavy atom. The van der Waals surface area contributed by atoms with E-state index >= 15 is 0 Å². The number of benzene rings is 1. The highest BCUT2D eigenvalue weighted by Gasteiger charge is 2.58. The molecule has 1 N–H and O–H groups in total. The van der Waals surface area contributed by atoms with E-state index in [9.17, 15) is 9.35 Å². The van der Waals surface area contributed by atoms with Crippen molar-refractivity contribution in [2.24, 2.45) is 5.92 Å². The number of carbonyl (C=O) groups is 1. The molecule has 1 aliphatic rings. The van der Waals surface area contributed by atoms with Gasteiger partial charge in [-0.05, 0) is 72.8 Å². The molecular weight excluding hydrogens is 344 g/mol. The smallest absolute Gasteiger partial charge is 0.252 e. The molecule has 1 aliphatic carbocycles. The molecule has 0 aliphatic heterocycles. The number of rotatable bonds is 7. The van der Waals surface area contributed by atoms with E-state index in [1.54, 1.807) is 0 Å². The first-order chi connectivity index (χ1) is 12.0. The van der Waals surface area contributed by atoms with Crippen molar-refractivity contribution in [2.45, 2.75) is 83.7 Å². The Hall–Kier alpha value is -1.04. The maximum absolute atomic E-state index is 13.9. The lowest BCUT2D eigenvalue weighted by atomic mass is 9.83. The SMILES string of the molecule is CC(C)N(C(=O)[C@](N[S+]([O-])C(C)(C)C)(c1ccccc1)C1CC1)C(C)C. The van der Waals surface area contributed by atoms with E-state index in [0.29, 0.717) is 0 Å². The number of nitrogens with one attached hydrogen (secondary N) is 1. The number of amides is 1. The molecule has 1 fully saturated rings. The van der Waals surface area contributed by atoms with Gasteiger partial charge in [-0.25, -0.2) is 0 Å². The lowest BCUT2D eigenvalue weighted by Crippen LogP contribution is -2.63. The van der Waals surface area contributed by atoms with E-state index in [1.807, 2.05) is 83.7 Å². The van der Waals surface area contributed by atoms with Crippen molar-refractivity contribution in [3.63, 3.8) is 0 Å². The van der Waals surface area contributed by atoms with Crippen LogP contribution in [0.4, 0.5) is 0 Å². The van der Waals surface area contributed by atoms with Crippen LogP contribution < -0.4 is 4.72 Å². The third-order valence-electron chi connectivity index (χ3n) is 4.91. The van der Waals surface area contributed by atoms with Crippen molar-refractivity contribution in [3.8, 4) is 0 Å². The molecule has 1 amide bonds. The van der Waals surface area contributed by atoms with Crippen LogP contribution in [0.3, 0.4) is 0 Å². The molecule has 5 heteroatoms. The van der Waals surface area contributed by atoms with Gasteiger partial charge in [-0.15, -0.1) is 4.72 Å². The van der Waals surface area contributed by atoms with Gasteiger partial charge in [-0.1, -0.05) is 30.3 Å². The second-order valence-electron chi connectivity index (χ2n) is 8.83. The zero-order valence-corrected chi connectivity index (χ0v) is 18.0. The van der Waals surface area contributed by atoms with Gasteiger partial charge in [0.15, 0.2) is 5.54 Å². The number of nitrogens with zero attached hydrogens (tertiary/aromatic N) is 1. The Kier molecular flexibility index (Phi) is 6.47. The molecule has 26 heavy (non-hydrogen) atoms. The quantitative estimate of drug-likeness (QED) is 0.730. The lowest BCUT2D eigenvalue weighted by Gasteiger charge is -2.42. The monoisotopic (exact) mass is 378 g/mol. The Morgan fingerprint density at radius 3 is 2.00 bits per heavy atom. The van der Waals surface area contributed by atoms with Crippen LogP contribution in [0.5, 0.6) is 0 Å². The summed E-state index contributed by atoms with van der Waals surface area (Å²) in [6.07, 6.45) is 1.94. The number of hydrogen-bond acceptors (Lipinski definition) is 3. The highest BCUT2D eigenvalue weighted by Crippen LogP contribution is 2.48. The third-order valence-corrected chi connectivity index (χ3v) is 6.53. The van der Waals surface area contributed by atoms with Gasteiger partial charge in [0.05, 0.1) is 0 Å². The van der Waals surface area contributed by atoms with Crippen LogP contribution in [0.2, 0.25) is 0 Å². The summed E-state index contributed by atoms with van der Waals surface area (Å²) in [5.74, 6) is 0.206. The Balaban J connectivity index is 2.58. The predicted molar refractivity (Wildman–Crippen MR) is 109 cm³/mol. The average molecular weight is 379 g/mol. The first-order valence-electron chi connectivity index (χ1n) is 9.59. The maximum atomic E-state index is 13.9. The van der Waals surface area contributed by atoms with Crippen LogP contribution in [-0.2, 0) is 21.7 Å². The molecule has 0 bridgehead atoms. The van der Waals surface area contributed by atoms with E-state index in [2.05, 4.69) is 4.72 Å². The molecule has 0 spiro atoms. The average Bonchev–Trinajstić information content (AvgIpc) is 3.36. The topological polar surface area (TPSA) is 55.4 Å². The summed E-state index contributed by atoms with van der Waals surface area (Å²) in [7, 11) is 0. The van der Waals surface area contributed by atoms with Gasteiger partial charge < -0.3 is 9.45 Å². The van der Waals surface area contributed by atoms with Gasteiger partial charge in [0.2, 0.25) is 0 Å². The molecule has 1 saturated carbocycles. The predicted octanol–water partition coefficient (Wildman–Crippen LogP) is 3.99. The molecule has 0 radical (unpaired) electrons. The summed E-state index contributed by atoms with van der Waals surface area (Å²) in [6, 6.07) is 10.00. The second-order valence-corrected chi connectivity index (χ2v) is 10.8. The van der Waals surface area contributed by atoms with E-state index in [-0.39, 0.29) is 23.9 Å². The molecule has 2 rings (SSSR count). The minimum Gasteiger partial charge on any atom is -0.598 e. The summed E-state index contributed by atoms with van der Waals surface area (Å²) in [5, 5.41) is 0. The molecule has 146 valence electrons. The maximum Gasteiger partial charge on any atom is 0.252 e. The van der Waals surface area contributed by atoms with Gasteiger partial charge in [-0.3, -0.25) is 4.79 Å². The fraction of sp³-hybridized carbons (Fsp3) is 0.667. The Bertz CT molecular complexity index is 600. The first kappa shape index (κ1) is 21.3. The molecule has 0 aromatic heterocycles. The molecule has 1 aromatic carbocycles. The molecule has 0 heterocycles. The highest BCUT2D eigenvalue weighted by molar-refractivity contribution is 7.90. The summed E-state index contributed by atoms with van der Waals surface area (Å²) >= 11 is -1.35. The molecule has 1 unspecified atom stereocenters. The van der Waals surface area contributed by atoms with Gasteiger partial charge >= 0.3 is 0 Å². The van der Waals surface area contributed by atoms with Crippen LogP contribution in [0.15, 0.2) is 30.3 Å². The molecule has 2 atom stereocenters. The summed E-state index contributed by atoms with van der Waals surface area (Å²) in [4.78, 5) is 15.9. The molecule has 0 saturated heterocycles. The lowest BCUT2D eigenvalue weighted by molar-refractivity contribution is -0.143. The highest BCUT2D eigenvalue weighted by atomic mass is 32.2. The summed E-state index contributed by atoms with van der Waals surface area (Å²) < 4.78 is 16.0. The van der Waals surface area contributed by atoms with Crippen LogP contribution in [0.1, 0.15) is 66.9 Å². The standard InChI is InChI=1S/C21H34N2O2S/c1-15(2)23(16(3)4)19(24)21(18-13-14-18,17-11-9-8-10-12-17)22-26(25)20(5,6)7/h8-12,15-16,18,22H,13-14H2,1-7H3/t21-,26?/m0/s1. The fourth-order valence-electron chi connectivity index (χ4n) is 3.51. The zero-order chi connectivity index (χ0) is 19.7. The van der Waals surface area contributed by atoms with Crippen molar-refractivity contribution in [3.05, 3.63) is 35.9 Å². The van der Waals surface area contributed by atoms with Crippen molar-refractivity contribution in [2.75, 3.05) is 0 Å². The Morgan fingerprint density at radius 2 is 1.62 bits per heavy atom. The normalized spacial score (nSPS) is 18.7. The van der Waals surface area contributed by atoms with Crippen LogP contribution in [-0.4, -0.2) is 32.2 Å². The third kappa shape index (κ3) is 4.26. The second kappa shape index (κ2) is 7.91. The van der Waals surface area contributed by atoms with Crippen LogP contribution in [0, 0.1) is 5.92 Å². The molecule has 4 nitrogen and oxygen atoms in total. The zero-order valence-electron chi connectivity index (χ0n) is 17.2. The summed E-state index contributed by atoms with van der Waals surface area (Å²) in [5.41, 5.74) is -0.0232. The van der Waals surface area contributed by atoms with Gasteiger partial charge in [0, 0.05) is 23.4 Å². The van der Waals surface area contributed by atoms with Crippen molar-refractivity contribution < 1.29 is 9.35 Å². The number of carbonyl (C=O) groups excluding carboxylic acids is 1. The fourth-order valence-corrected chi connectivity index (χ4v) is 4.48. The van der Waals surface area contributed by atoms with E-state index in [0.717, 1.165) is 18.4 Å². The minimum absolute atomic E-state index is 0.0359. The van der Waals surface area contributed by atoms with Crippen LogP contribution in [0.25, 0.3) is 0 Å². The van der Waals surface area contributed by atoms with E-state index in [4.69, 9.17) is 0 Å². The van der Waals surface area contributed by atoms with Gasteiger partial charge in [0.25, 0.3) is 5.91 Å². The van der Waals surface area contributed by atoms with E-state index < -0.39 is 21.6 Å². The van der Waals surface area contributed by atoms with E-state index in [1.165, 1.54) is 0 Å². The van der Waals surface area contributed by atoms with Gasteiger partial charge in [0.1, 0.15) is 4.75 Å². The first-order valence-corrected chi connectivity index (χ1v) is 10.7. The molecule has 1 aromatic rings. The van der Waals surface area contributed by atoms with Crippen molar-refractivity contribution in [1.82, 2.24) is 9.62 Å². The number of hydrogen-bond donors (Lipinski definition) is 1.